The Hall–Kier alpha value is -1.61. The summed E-state index contributed by atoms with van der Waals surface area (Å²) in [6.07, 6.45) is 1.05. The minimum Gasteiger partial charge on any atom is -0.321 e. The number of carbonyl (C=O) groups is 1. The average Bonchev–Trinajstić information content (AvgIpc) is 2.28. The van der Waals surface area contributed by atoms with Crippen molar-refractivity contribution in [2.75, 3.05) is 5.32 Å². The third kappa shape index (κ3) is 3.22. The zero-order valence-electron chi connectivity index (χ0n) is 8.25. The zero-order chi connectivity index (χ0) is 11.3. The molecule has 0 aliphatic heterocycles. The summed E-state index contributed by atoms with van der Waals surface area (Å²) < 4.78 is 0. The van der Waals surface area contributed by atoms with E-state index in [-0.39, 0.29) is 5.03 Å². The largest absolute Gasteiger partial charge is 0.321 e. The molecule has 0 aromatic heterocycles. The van der Waals surface area contributed by atoms with Crippen molar-refractivity contribution in [2.24, 2.45) is 0 Å². The van der Waals surface area contributed by atoms with Crippen molar-refractivity contribution >= 4 is 29.4 Å². The fourth-order valence-electron chi connectivity index (χ4n) is 0.950. The van der Waals surface area contributed by atoms with E-state index in [9.17, 15) is 4.79 Å². The molecule has 1 aromatic carbocycles. The minimum atomic E-state index is -0.399. The number of hydrogen-bond acceptors (Lipinski definition) is 2. The number of anilines is 1. The van der Waals surface area contributed by atoms with E-state index >= 15 is 0 Å². The number of rotatable bonds is 3. The Morgan fingerprint density at radius 1 is 1.40 bits per heavy atom. The highest BCUT2D eigenvalue weighted by Gasteiger charge is 2.08. The lowest BCUT2D eigenvalue weighted by atomic mass is 10.2. The molecular formula is C11H11ClN2O. The van der Waals surface area contributed by atoms with E-state index in [2.05, 4.69) is 5.32 Å². The molecule has 0 unspecified atom stereocenters. The Balaban J connectivity index is 2.77. The van der Waals surface area contributed by atoms with Crippen LogP contribution < -0.4 is 5.32 Å². The maximum Gasteiger partial charge on any atom is 0.267 e. The van der Waals surface area contributed by atoms with Crippen LogP contribution in [0.5, 0.6) is 0 Å². The van der Waals surface area contributed by atoms with Crippen molar-refractivity contribution in [3.05, 3.63) is 40.9 Å². The Morgan fingerprint density at radius 2 is 2.00 bits per heavy atom. The number of carbonyl (C=O) groups excluding carboxylic acids is 1. The summed E-state index contributed by atoms with van der Waals surface area (Å²) in [6, 6.07) is 9.02. The predicted octanol–water partition coefficient (Wildman–Crippen LogP) is 2.79. The molecule has 15 heavy (non-hydrogen) atoms. The first kappa shape index (κ1) is 11.5. The molecule has 4 heteroatoms. The number of nitrogens with one attached hydrogen (secondary N) is 2. The van der Waals surface area contributed by atoms with E-state index in [1.165, 1.54) is 0 Å². The molecule has 1 aromatic rings. The lowest BCUT2D eigenvalue weighted by Crippen LogP contribution is -2.12. The van der Waals surface area contributed by atoms with Crippen LogP contribution >= 0.6 is 11.6 Å². The first-order chi connectivity index (χ1) is 7.15. The third-order valence-electron chi connectivity index (χ3n) is 1.79. The van der Waals surface area contributed by atoms with Gasteiger partial charge in [-0.25, -0.2) is 0 Å². The molecule has 0 aliphatic carbocycles. The molecule has 78 valence electrons. The first-order valence-electron chi connectivity index (χ1n) is 4.38. The highest BCUT2D eigenvalue weighted by molar-refractivity contribution is 6.45. The van der Waals surface area contributed by atoms with Gasteiger partial charge in [0, 0.05) is 11.9 Å². The summed E-state index contributed by atoms with van der Waals surface area (Å²) in [4.78, 5) is 11.5. The van der Waals surface area contributed by atoms with Gasteiger partial charge in [0.1, 0.15) is 5.03 Å². The summed E-state index contributed by atoms with van der Waals surface area (Å²) in [5.74, 6) is -0.399. The van der Waals surface area contributed by atoms with Crippen LogP contribution in [0.2, 0.25) is 0 Å². The molecule has 0 heterocycles. The van der Waals surface area contributed by atoms with Gasteiger partial charge >= 0.3 is 0 Å². The molecule has 0 atom stereocenters. The molecular weight excluding hydrogens is 212 g/mol. The third-order valence-corrected chi connectivity index (χ3v) is 2.26. The Labute approximate surface area is 93.3 Å². The van der Waals surface area contributed by atoms with E-state index in [4.69, 9.17) is 17.0 Å². The Morgan fingerprint density at radius 3 is 2.53 bits per heavy atom. The highest BCUT2D eigenvalue weighted by Crippen LogP contribution is 2.12. The van der Waals surface area contributed by atoms with Gasteiger partial charge in [0.25, 0.3) is 5.91 Å². The maximum absolute atomic E-state index is 11.5. The van der Waals surface area contributed by atoms with Gasteiger partial charge < -0.3 is 10.7 Å². The SMILES string of the molecule is C/C(C=N)=C(\Cl)C(=O)Nc1ccccc1. The summed E-state index contributed by atoms with van der Waals surface area (Å²) in [6.45, 7) is 1.61. The van der Waals surface area contributed by atoms with E-state index in [0.717, 1.165) is 6.21 Å². The smallest absolute Gasteiger partial charge is 0.267 e. The van der Waals surface area contributed by atoms with Crippen LogP contribution in [-0.4, -0.2) is 12.1 Å². The van der Waals surface area contributed by atoms with Crippen molar-refractivity contribution in [2.45, 2.75) is 6.92 Å². The van der Waals surface area contributed by atoms with E-state index in [1.807, 2.05) is 18.2 Å². The van der Waals surface area contributed by atoms with Crippen LogP contribution in [-0.2, 0) is 4.79 Å². The molecule has 1 amide bonds. The predicted molar refractivity (Wildman–Crippen MR) is 62.4 cm³/mol. The molecule has 1 rings (SSSR count). The summed E-state index contributed by atoms with van der Waals surface area (Å²) in [5, 5.41) is 9.63. The molecule has 0 radical (unpaired) electrons. The number of benzene rings is 1. The molecule has 3 nitrogen and oxygen atoms in total. The average molecular weight is 223 g/mol. The highest BCUT2D eigenvalue weighted by atomic mass is 35.5. The molecule has 0 aliphatic rings. The fourth-order valence-corrected chi connectivity index (χ4v) is 1.05. The van der Waals surface area contributed by atoms with Crippen LogP contribution in [0.3, 0.4) is 0 Å². The van der Waals surface area contributed by atoms with E-state index in [1.54, 1.807) is 19.1 Å². The van der Waals surface area contributed by atoms with Crippen molar-refractivity contribution in [1.29, 1.82) is 5.41 Å². The number of hydrogen-bond donors (Lipinski definition) is 2. The Bertz CT molecular complexity index is 398. The summed E-state index contributed by atoms with van der Waals surface area (Å²) in [7, 11) is 0. The lowest BCUT2D eigenvalue weighted by Gasteiger charge is -2.04. The fraction of sp³-hybridized carbons (Fsp3) is 0.0909. The van der Waals surface area contributed by atoms with Crippen LogP contribution in [0.15, 0.2) is 40.9 Å². The topological polar surface area (TPSA) is 53.0 Å². The van der Waals surface area contributed by atoms with Gasteiger partial charge in [0.15, 0.2) is 0 Å². The second-order valence-electron chi connectivity index (χ2n) is 2.96. The van der Waals surface area contributed by atoms with Gasteiger partial charge in [0.2, 0.25) is 0 Å². The monoisotopic (exact) mass is 222 g/mol. The number of para-hydroxylation sites is 1. The van der Waals surface area contributed by atoms with E-state index in [0.29, 0.717) is 11.3 Å². The molecule has 0 fully saturated rings. The first-order valence-corrected chi connectivity index (χ1v) is 4.76. The normalized spacial score (nSPS) is 11.6. The van der Waals surface area contributed by atoms with Gasteiger partial charge in [-0.15, -0.1) is 0 Å². The van der Waals surface area contributed by atoms with Gasteiger partial charge in [-0.2, -0.15) is 0 Å². The zero-order valence-corrected chi connectivity index (χ0v) is 9.01. The lowest BCUT2D eigenvalue weighted by molar-refractivity contribution is -0.112. The number of amides is 1. The van der Waals surface area contributed by atoms with Crippen molar-refractivity contribution in [3.8, 4) is 0 Å². The summed E-state index contributed by atoms with van der Waals surface area (Å²) in [5.41, 5.74) is 1.11. The number of halogens is 1. The maximum atomic E-state index is 11.5. The van der Waals surface area contributed by atoms with Gasteiger partial charge in [-0.05, 0) is 24.6 Å². The molecule has 2 N–H and O–H groups in total. The van der Waals surface area contributed by atoms with Gasteiger partial charge in [-0.1, -0.05) is 29.8 Å². The van der Waals surface area contributed by atoms with Crippen LogP contribution in [0.25, 0.3) is 0 Å². The Kier molecular flexibility index (Phi) is 4.06. The van der Waals surface area contributed by atoms with Crippen molar-refractivity contribution in [3.63, 3.8) is 0 Å². The molecule has 0 spiro atoms. The standard InChI is InChI=1S/C11H11ClN2O/c1-8(7-13)10(12)11(15)14-9-5-3-2-4-6-9/h2-7,13H,1H3,(H,14,15)/b10-8+,13-7?. The van der Waals surface area contributed by atoms with Crippen LogP contribution in [0.1, 0.15) is 6.92 Å². The van der Waals surface area contributed by atoms with Crippen molar-refractivity contribution < 1.29 is 4.79 Å². The second-order valence-corrected chi connectivity index (χ2v) is 3.34. The number of allylic oxidation sites excluding steroid dienone is 1. The molecule has 0 saturated carbocycles. The van der Waals surface area contributed by atoms with Gasteiger partial charge in [-0.3, -0.25) is 4.79 Å². The summed E-state index contributed by atoms with van der Waals surface area (Å²) >= 11 is 5.75. The molecule has 0 bridgehead atoms. The van der Waals surface area contributed by atoms with E-state index < -0.39 is 5.91 Å². The second kappa shape index (κ2) is 5.32. The molecule has 0 saturated heterocycles. The van der Waals surface area contributed by atoms with Gasteiger partial charge in [0.05, 0.1) is 0 Å². The quantitative estimate of drug-likeness (QED) is 0.600. The van der Waals surface area contributed by atoms with Crippen molar-refractivity contribution in [1.82, 2.24) is 0 Å². The van der Waals surface area contributed by atoms with Crippen LogP contribution in [0.4, 0.5) is 5.69 Å². The van der Waals surface area contributed by atoms with Crippen LogP contribution in [0, 0.1) is 5.41 Å². The minimum absolute atomic E-state index is 0.0360.